The third kappa shape index (κ3) is 9.04. The summed E-state index contributed by atoms with van der Waals surface area (Å²) in [5.41, 5.74) is 0.405. The smallest absolute Gasteiger partial charge is 0.241 e. The van der Waals surface area contributed by atoms with E-state index in [-0.39, 0.29) is 6.10 Å². The highest BCUT2D eigenvalue weighted by Crippen LogP contribution is 2.21. The van der Waals surface area contributed by atoms with Crippen molar-refractivity contribution in [3.63, 3.8) is 0 Å². The number of nitrogens with one attached hydrogen (secondary N) is 2. The molecular formula is C21H35N3O4S. The summed E-state index contributed by atoms with van der Waals surface area (Å²) in [6.07, 6.45) is 2.13. The average molecular weight is 426 g/mol. The Hall–Kier alpha value is -1.80. The van der Waals surface area contributed by atoms with Crippen LogP contribution in [0.1, 0.15) is 40.5 Å². The van der Waals surface area contributed by atoms with Crippen molar-refractivity contribution in [3.05, 3.63) is 24.3 Å². The molecule has 2 atom stereocenters. The van der Waals surface area contributed by atoms with E-state index in [1.54, 1.807) is 24.3 Å². The number of likely N-dealkylation sites (tertiary alicyclic amines) is 1. The lowest BCUT2D eigenvalue weighted by atomic mass is 9.92. The van der Waals surface area contributed by atoms with Crippen LogP contribution in [0.2, 0.25) is 0 Å². The van der Waals surface area contributed by atoms with Gasteiger partial charge in [0.1, 0.15) is 11.5 Å². The van der Waals surface area contributed by atoms with E-state index >= 15 is 0 Å². The van der Waals surface area contributed by atoms with Gasteiger partial charge in [-0.2, -0.15) is 0 Å². The van der Waals surface area contributed by atoms with Crippen LogP contribution in [0.25, 0.3) is 0 Å². The zero-order chi connectivity index (χ0) is 21.4. The highest BCUT2D eigenvalue weighted by atomic mass is 32.2. The predicted octanol–water partition coefficient (Wildman–Crippen LogP) is 2.70. The molecule has 1 aliphatic rings. The number of carbonyl (C=O) groups excluding carboxylic acids is 1. The van der Waals surface area contributed by atoms with Crippen molar-refractivity contribution in [1.82, 2.24) is 10.2 Å². The first-order valence-corrected chi connectivity index (χ1v) is 12.0. The largest absolute Gasteiger partial charge is 0.491 e. The van der Waals surface area contributed by atoms with Crippen LogP contribution in [0.4, 0.5) is 5.69 Å². The summed E-state index contributed by atoms with van der Waals surface area (Å²) >= 11 is 0. The highest BCUT2D eigenvalue weighted by molar-refractivity contribution is 7.93. The lowest BCUT2D eigenvalue weighted by Gasteiger charge is -2.34. The Balaban J connectivity index is 1.70. The molecule has 1 heterocycles. The maximum atomic E-state index is 12.2. The maximum absolute atomic E-state index is 12.2. The van der Waals surface area contributed by atoms with Crippen LogP contribution >= 0.6 is 0 Å². The molecule has 0 spiro atoms. The Morgan fingerprint density at radius 2 is 1.79 bits per heavy atom. The third-order valence-corrected chi connectivity index (χ3v) is 5.93. The molecule has 8 heteroatoms. The number of ether oxygens (including phenoxy) is 1. The summed E-state index contributed by atoms with van der Waals surface area (Å²) in [6, 6.07) is 6.63. The molecule has 29 heavy (non-hydrogen) atoms. The van der Waals surface area contributed by atoms with Gasteiger partial charge in [-0.1, -0.05) is 13.8 Å². The lowest BCUT2D eigenvalue weighted by Crippen LogP contribution is -2.40. The Labute approximate surface area is 175 Å². The summed E-state index contributed by atoms with van der Waals surface area (Å²) in [4.78, 5) is 14.4. The van der Waals surface area contributed by atoms with Gasteiger partial charge in [-0.05, 0) is 69.3 Å². The third-order valence-electron chi connectivity index (χ3n) is 4.74. The van der Waals surface area contributed by atoms with Crippen molar-refractivity contribution in [1.29, 1.82) is 0 Å². The minimum atomic E-state index is -3.76. The van der Waals surface area contributed by atoms with E-state index in [4.69, 9.17) is 4.74 Å². The number of amides is 1. The van der Waals surface area contributed by atoms with Gasteiger partial charge in [-0.15, -0.1) is 0 Å². The van der Waals surface area contributed by atoms with Crippen molar-refractivity contribution in [2.45, 2.75) is 46.6 Å². The fourth-order valence-corrected chi connectivity index (χ4v) is 4.83. The van der Waals surface area contributed by atoms with Crippen LogP contribution in [-0.4, -0.2) is 57.3 Å². The zero-order valence-electron chi connectivity index (χ0n) is 18.0. The number of piperidine rings is 1. The molecule has 2 unspecified atom stereocenters. The van der Waals surface area contributed by atoms with Crippen LogP contribution in [0.15, 0.2) is 24.3 Å². The predicted molar refractivity (Wildman–Crippen MR) is 117 cm³/mol. The summed E-state index contributed by atoms with van der Waals surface area (Å²) in [5, 5.41) is 2.71. The van der Waals surface area contributed by atoms with E-state index in [9.17, 15) is 13.2 Å². The van der Waals surface area contributed by atoms with Crippen LogP contribution < -0.4 is 14.8 Å². The number of sulfonamides is 1. The molecular weight excluding hydrogens is 390 g/mol. The molecule has 1 aromatic rings. The molecule has 164 valence electrons. The van der Waals surface area contributed by atoms with Gasteiger partial charge < -0.3 is 15.0 Å². The second-order valence-corrected chi connectivity index (χ2v) is 10.2. The van der Waals surface area contributed by atoms with Gasteiger partial charge >= 0.3 is 0 Å². The van der Waals surface area contributed by atoms with Gasteiger partial charge in [0, 0.05) is 25.3 Å². The highest BCUT2D eigenvalue weighted by Gasteiger charge is 2.21. The second-order valence-electron chi connectivity index (χ2n) is 8.46. The number of carbonyl (C=O) groups is 1. The van der Waals surface area contributed by atoms with E-state index in [1.807, 2.05) is 13.8 Å². The molecule has 0 aromatic heterocycles. The molecule has 2 N–H and O–H groups in total. The molecule has 7 nitrogen and oxygen atoms in total. The van der Waals surface area contributed by atoms with Crippen molar-refractivity contribution in [2.24, 2.45) is 11.8 Å². The first-order valence-electron chi connectivity index (χ1n) is 10.4. The fraction of sp³-hybridized carbons (Fsp3) is 0.667. The number of rotatable bonds is 10. The number of hydrogen-bond acceptors (Lipinski definition) is 5. The van der Waals surface area contributed by atoms with Crippen molar-refractivity contribution in [2.75, 3.05) is 36.7 Å². The number of hydrogen-bond donors (Lipinski definition) is 2. The van der Waals surface area contributed by atoms with Crippen LogP contribution in [0.5, 0.6) is 5.75 Å². The monoisotopic (exact) mass is 425 g/mol. The van der Waals surface area contributed by atoms with Gasteiger partial charge in [0.2, 0.25) is 15.9 Å². The summed E-state index contributed by atoms with van der Waals surface area (Å²) in [7, 11) is -3.76. The van der Waals surface area contributed by atoms with Crippen LogP contribution in [-0.2, 0) is 14.8 Å². The number of benzene rings is 1. The van der Waals surface area contributed by atoms with Crippen molar-refractivity contribution in [3.8, 4) is 5.75 Å². The molecule has 0 aliphatic carbocycles. The van der Waals surface area contributed by atoms with E-state index < -0.39 is 21.7 Å². The summed E-state index contributed by atoms with van der Waals surface area (Å²) in [6.45, 7) is 12.0. The normalized spacial score (nSPS) is 20.4. The van der Waals surface area contributed by atoms with Gasteiger partial charge in [0.15, 0.2) is 0 Å². The minimum absolute atomic E-state index is 0.0444. The van der Waals surface area contributed by atoms with E-state index in [0.29, 0.717) is 29.8 Å². The molecule has 1 amide bonds. The van der Waals surface area contributed by atoms with E-state index in [1.165, 1.54) is 6.42 Å². The van der Waals surface area contributed by atoms with Gasteiger partial charge in [-0.3, -0.25) is 9.52 Å². The molecule has 1 fully saturated rings. The van der Waals surface area contributed by atoms with Crippen LogP contribution in [0.3, 0.4) is 0 Å². The molecule has 1 saturated heterocycles. The van der Waals surface area contributed by atoms with Gasteiger partial charge in [0.05, 0.1) is 6.10 Å². The Bertz CT molecular complexity index is 740. The number of anilines is 1. The minimum Gasteiger partial charge on any atom is -0.491 e. The zero-order valence-corrected chi connectivity index (χ0v) is 18.8. The first-order chi connectivity index (χ1) is 13.6. The summed E-state index contributed by atoms with van der Waals surface area (Å²) in [5.74, 6) is 0.997. The Morgan fingerprint density at radius 3 is 2.38 bits per heavy atom. The molecule has 0 radical (unpaired) electrons. The molecule has 0 saturated carbocycles. The maximum Gasteiger partial charge on any atom is 0.241 e. The second kappa shape index (κ2) is 10.8. The molecule has 1 aromatic carbocycles. The quantitative estimate of drug-likeness (QED) is 0.563. The lowest BCUT2D eigenvalue weighted by molar-refractivity contribution is -0.118. The average Bonchev–Trinajstić information content (AvgIpc) is 2.58. The van der Waals surface area contributed by atoms with Gasteiger partial charge in [0.25, 0.3) is 0 Å². The van der Waals surface area contributed by atoms with Crippen molar-refractivity contribution < 1.29 is 17.9 Å². The van der Waals surface area contributed by atoms with Crippen LogP contribution in [0, 0.1) is 11.8 Å². The SMILES string of the molecule is CC1CC(C)CN(CCCNC(=O)CS(=O)(=O)Nc2ccc(OC(C)C)cc2)C1. The standard InChI is InChI=1S/C21H35N3O4S/c1-16(2)28-20-8-6-19(7-9-20)23-29(26,27)15-21(25)22-10-5-11-24-13-17(3)12-18(4)14-24/h6-9,16-18,23H,5,10-15H2,1-4H3,(H,22,25). The van der Waals surface area contributed by atoms with E-state index in [2.05, 4.69) is 28.8 Å². The summed E-state index contributed by atoms with van der Waals surface area (Å²) < 4.78 is 32.4. The topological polar surface area (TPSA) is 87.7 Å². The Kier molecular flexibility index (Phi) is 8.77. The molecule has 2 rings (SSSR count). The van der Waals surface area contributed by atoms with E-state index in [0.717, 1.165) is 26.1 Å². The molecule has 1 aliphatic heterocycles. The first kappa shape index (κ1) is 23.5. The fourth-order valence-electron chi connectivity index (χ4n) is 3.82. The Morgan fingerprint density at radius 1 is 1.17 bits per heavy atom. The molecule has 0 bridgehead atoms. The van der Waals surface area contributed by atoms with Crippen molar-refractivity contribution >= 4 is 21.6 Å². The van der Waals surface area contributed by atoms with Gasteiger partial charge in [-0.25, -0.2) is 8.42 Å². The number of nitrogens with zero attached hydrogens (tertiary/aromatic N) is 1.